The van der Waals surface area contributed by atoms with Gasteiger partial charge in [0.2, 0.25) is 5.91 Å². The Balaban J connectivity index is 1.21. The van der Waals surface area contributed by atoms with E-state index in [-0.39, 0.29) is 0 Å². The summed E-state index contributed by atoms with van der Waals surface area (Å²) in [4.78, 5) is 18.0. The van der Waals surface area contributed by atoms with Gasteiger partial charge in [0.1, 0.15) is 0 Å². The molecule has 1 atom stereocenters. The van der Waals surface area contributed by atoms with E-state index in [1.54, 1.807) is 0 Å². The van der Waals surface area contributed by atoms with Crippen molar-refractivity contribution in [2.45, 2.75) is 52.4 Å². The van der Waals surface area contributed by atoms with Gasteiger partial charge in [-0.1, -0.05) is 36.8 Å². The van der Waals surface area contributed by atoms with Gasteiger partial charge in [-0.2, -0.15) is 0 Å². The van der Waals surface area contributed by atoms with Gasteiger partial charge < -0.3 is 9.80 Å². The highest BCUT2D eigenvalue weighted by Gasteiger charge is 2.26. The molecule has 1 fully saturated rings. The number of nitrogens with zero attached hydrogens (tertiary/aromatic N) is 2. The number of carbonyl (C=O) groups is 1. The lowest BCUT2D eigenvalue weighted by atomic mass is 9.97. The van der Waals surface area contributed by atoms with Crippen molar-refractivity contribution in [2.75, 3.05) is 32.7 Å². The third kappa shape index (κ3) is 5.17. The highest BCUT2D eigenvalue weighted by Crippen LogP contribution is 2.27. The molecule has 1 saturated heterocycles. The number of carbonyl (C=O) groups excluding carboxylic acids is 1. The van der Waals surface area contributed by atoms with Gasteiger partial charge in [0.25, 0.3) is 0 Å². The van der Waals surface area contributed by atoms with E-state index in [2.05, 4.69) is 65.4 Å². The molecule has 1 unspecified atom stereocenters. The zero-order valence-corrected chi connectivity index (χ0v) is 20.9. The van der Waals surface area contributed by atoms with E-state index in [1.807, 2.05) is 11.3 Å². The van der Waals surface area contributed by atoms with Crippen LogP contribution in [-0.2, 0) is 24.1 Å². The van der Waals surface area contributed by atoms with Crippen molar-refractivity contribution < 1.29 is 4.79 Å². The maximum absolute atomic E-state index is 13.1. The first-order valence-corrected chi connectivity index (χ1v) is 13.5. The van der Waals surface area contributed by atoms with Crippen molar-refractivity contribution in [3.63, 3.8) is 0 Å². The fraction of sp³-hybridized carbons (Fsp3) is 0.483. The number of aryl methyl sites for hydroxylation is 2. The monoisotopic (exact) mass is 460 g/mol. The Labute approximate surface area is 202 Å². The molecule has 33 heavy (non-hydrogen) atoms. The molecule has 2 aliphatic heterocycles. The van der Waals surface area contributed by atoms with Gasteiger partial charge >= 0.3 is 0 Å². The number of fused-ring (bicyclic) bond motifs is 2. The second kappa shape index (κ2) is 9.99. The van der Waals surface area contributed by atoms with Gasteiger partial charge in [-0.15, -0.1) is 11.3 Å². The first-order valence-electron chi connectivity index (χ1n) is 12.6. The Kier molecular flexibility index (Phi) is 6.84. The predicted octanol–water partition coefficient (Wildman–Crippen LogP) is 5.79. The third-order valence-electron chi connectivity index (χ3n) is 7.75. The van der Waals surface area contributed by atoms with Crippen LogP contribution in [-0.4, -0.2) is 48.4 Å². The van der Waals surface area contributed by atoms with Gasteiger partial charge in [-0.25, -0.2) is 0 Å². The summed E-state index contributed by atoms with van der Waals surface area (Å²) in [6.45, 7) is 9.55. The summed E-state index contributed by atoms with van der Waals surface area (Å²) in [5.41, 5.74) is 6.75. The van der Waals surface area contributed by atoms with Crippen LogP contribution in [0, 0.1) is 19.8 Å². The molecule has 1 aromatic heterocycles. The fourth-order valence-corrected chi connectivity index (χ4v) is 6.66. The molecule has 3 aromatic rings. The minimum absolute atomic E-state index is 0.317. The number of rotatable bonds is 5. The second-order valence-corrected chi connectivity index (χ2v) is 11.1. The van der Waals surface area contributed by atoms with Crippen molar-refractivity contribution >= 4 is 27.3 Å². The van der Waals surface area contributed by atoms with E-state index in [0.29, 0.717) is 18.2 Å². The molecule has 4 heteroatoms. The van der Waals surface area contributed by atoms with Crippen LogP contribution in [0.4, 0.5) is 0 Å². The Morgan fingerprint density at radius 2 is 1.85 bits per heavy atom. The standard InChI is InChI=1S/C29H36N2OS/c1-21-15-24-11-14-31(29(32)17-26(24)16-22(21)2)19-23-7-5-6-12-30(18-23)13-10-25-20-33-28-9-4-3-8-27(25)28/h3-4,8-9,15-16,20,23H,5-7,10-14,17-19H2,1-2H3. The summed E-state index contributed by atoms with van der Waals surface area (Å²) in [7, 11) is 0. The minimum atomic E-state index is 0.317. The Hall–Kier alpha value is -2.17. The number of hydrogen-bond donors (Lipinski definition) is 0. The van der Waals surface area contributed by atoms with Crippen LogP contribution in [0.5, 0.6) is 0 Å². The van der Waals surface area contributed by atoms with Crippen LogP contribution < -0.4 is 0 Å². The summed E-state index contributed by atoms with van der Waals surface area (Å²) in [5, 5.41) is 3.77. The molecule has 1 amide bonds. The molecule has 3 heterocycles. The van der Waals surface area contributed by atoms with E-state index < -0.39 is 0 Å². The number of thiophene rings is 1. The van der Waals surface area contributed by atoms with Crippen LogP contribution in [0.15, 0.2) is 41.8 Å². The van der Waals surface area contributed by atoms with E-state index >= 15 is 0 Å². The van der Waals surface area contributed by atoms with Crippen molar-refractivity contribution in [3.8, 4) is 0 Å². The molecule has 0 radical (unpaired) electrons. The summed E-state index contributed by atoms with van der Waals surface area (Å²) in [6.07, 6.45) is 6.48. The topological polar surface area (TPSA) is 23.6 Å². The van der Waals surface area contributed by atoms with Gasteiger partial charge in [-0.3, -0.25) is 4.79 Å². The van der Waals surface area contributed by atoms with Crippen molar-refractivity contribution in [3.05, 3.63) is 69.6 Å². The normalized spacial score (nSPS) is 20.0. The van der Waals surface area contributed by atoms with Gasteiger partial charge in [0.05, 0.1) is 6.42 Å². The van der Waals surface area contributed by atoms with E-state index in [1.165, 1.54) is 63.7 Å². The van der Waals surface area contributed by atoms with E-state index in [9.17, 15) is 4.79 Å². The van der Waals surface area contributed by atoms with Crippen molar-refractivity contribution in [1.82, 2.24) is 9.80 Å². The molecule has 2 aromatic carbocycles. The number of likely N-dealkylation sites (tertiary alicyclic amines) is 1. The van der Waals surface area contributed by atoms with Crippen LogP contribution in [0.2, 0.25) is 0 Å². The Bertz CT molecular complexity index is 1130. The minimum Gasteiger partial charge on any atom is -0.342 e. The fourth-order valence-electron chi connectivity index (χ4n) is 5.67. The first-order chi connectivity index (χ1) is 16.1. The smallest absolute Gasteiger partial charge is 0.227 e. The number of benzene rings is 2. The summed E-state index contributed by atoms with van der Waals surface area (Å²) in [5.74, 6) is 0.901. The lowest BCUT2D eigenvalue weighted by Gasteiger charge is -2.29. The third-order valence-corrected chi connectivity index (χ3v) is 8.76. The van der Waals surface area contributed by atoms with Crippen molar-refractivity contribution in [2.24, 2.45) is 5.92 Å². The maximum atomic E-state index is 13.1. The predicted molar refractivity (Wildman–Crippen MR) is 139 cm³/mol. The summed E-state index contributed by atoms with van der Waals surface area (Å²) < 4.78 is 1.40. The van der Waals surface area contributed by atoms with E-state index in [0.717, 1.165) is 39.0 Å². The second-order valence-electron chi connectivity index (χ2n) is 10.1. The highest BCUT2D eigenvalue weighted by atomic mass is 32.1. The molecule has 0 N–H and O–H groups in total. The Morgan fingerprint density at radius 1 is 1.03 bits per heavy atom. The van der Waals surface area contributed by atoms with Gasteiger partial charge in [0, 0.05) is 30.9 Å². The average molecular weight is 461 g/mol. The maximum Gasteiger partial charge on any atom is 0.227 e. The zero-order valence-electron chi connectivity index (χ0n) is 20.1. The SMILES string of the molecule is Cc1cc2c(cc1C)CC(=O)N(CC1CCCCN(CCc3csc4ccccc34)C1)CC2. The van der Waals surface area contributed by atoms with E-state index in [4.69, 9.17) is 0 Å². The summed E-state index contributed by atoms with van der Waals surface area (Å²) >= 11 is 1.86. The van der Waals surface area contributed by atoms with Gasteiger partial charge in [-0.05, 0) is 96.6 Å². The van der Waals surface area contributed by atoms with Crippen LogP contribution >= 0.6 is 11.3 Å². The molecule has 174 valence electrons. The molecule has 0 saturated carbocycles. The van der Waals surface area contributed by atoms with Crippen LogP contribution in [0.1, 0.15) is 47.1 Å². The lowest BCUT2D eigenvalue weighted by molar-refractivity contribution is -0.130. The lowest BCUT2D eigenvalue weighted by Crippen LogP contribution is -2.40. The van der Waals surface area contributed by atoms with Crippen LogP contribution in [0.25, 0.3) is 10.1 Å². The Morgan fingerprint density at radius 3 is 2.73 bits per heavy atom. The quantitative estimate of drug-likeness (QED) is 0.481. The molecular weight excluding hydrogens is 424 g/mol. The largest absolute Gasteiger partial charge is 0.342 e. The molecule has 3 nitrogen and oxygen atoms in total. The summed E-state index contributed by atoms with van der Waals surface area (Å²) in [6, 6.07) is 13.3. The molecule has 0 aliphatic carbocycles. The van der Waals surface area contributed by atoms with Gasteiger partial charge in [0.15, 0.2) is 0 Å². The van der Waals surface area contributed by atoms with Crippen molar-refractivity contribution in [1.29, 1.82) is 0 Å². The van der Waals surface area contributed by atoms with Crippen LogP contribution in [0.3, 0.4) is 0 Å². The molecule has 5 rings (SSSR count). The first kappa shape index (κ1) is 22.6. The number of hydrogen-bond acceptors (Lipinski definition) is 3. The molecule has 0 bridgehead atoms. The average Bonchev–Trinajstić information content (AvgIpc) is 3.00. The molecule has 2 aliphatic rings. The molecular formula is C29H36N2OS. The zero-order chi connectivity index (χ0) is 22.8. The number of amides is 1. The molecule has 0 spiro atoms. The highest BCUT2D eigenvalue weighted by molar-refractivity contribution is 7.17.